The molecular formula is C4H8NO6P. The molecular weight excluding hydrogens is 189 g/mol. The Bertz CT molecular complexity index is 208. The first-order valence-corrected chi connectivity index (χ1v) is 3.96. The lowest BCUT2D eigenvalue weighted by Crippen LogP contribution is -2.04. The van der Waals surface area contributed by atoms with Gasteiger partial charge in [0.05, 0.1) is 0 Å². The monoisotopic (exact) mass is 197 g/mol. The van der Waals surface area contributed by atoms with Crippen molar-refractivity contribution >= 4 is 20.2 Å². The molecule has 0 aliphatic rings. The quantitative estimate of drug-likeness (QED) is 0.299. The highest BCUT2D eigenvalue weighted by atomic mass is 31.2. The van der Waals surface area contributed by atoms with Crippen LogP contribution < -0.4 is 5.73 Å². The average molecular weight is 197 g/mol. The van der Waals surface area contributed by atoms with E-state index in [0.717, 1.165) is 6.08 Å². The van der Waals surface area contributed by atoms with Crippen molar-refractivity contribution in [2.75, 3.05) is 0 Å². The van der Waals surface area contributed by atoms with Crippen LogP contribution in [0.1, 0.15) is 0 Å². The number of hydrogen-bond acceptors (Lipinski definition) is 4. The van der Waals surface area contributed by atoms with E-state index < -0.39 is 13.7 Å². The lowest BCUT2D eigenvalue weighted by Gasteiger charge is -1.93. The van der Waals surface area contributed by atoms with Crippen molar-refractivity contribution in [3.63, 3.8) is 0 Å². The molecule has 4 N–H and O–H groups in total. The molecule has 12 heavy (non-hydrogen) atoms. The maximum Gasteiger partial charge on any atom is 0.526 e. The number of carbonyl (C=O) groups is 2. The van der Waals surface area contributed by atoms with Gasteiger partial charge in [-0.15, -0.1) is 0 Å². The first-order valence-electron chi connectivity index (χ1n) is 2.43. The topological polar surface area (TPSA) is 127 Å². The van der Waals surface area contributed by atoms with Gasteiger partial charge in [-0.25, -0.2) is 4.57 Å². The molecule has 0 spiro atoms. The Morgan fingerprint density at radius 2 is 1.92 bits per heavy atom. The molecule has 0 heterocycles. The third-order valence-electron chi connectivity index (χ3n) is 0.382. The third kappa shape index (κ3) is 23.2. The highest BCUT2D eigenvalue weighted by Gasteiger charge is 2.11. The van der Waals surface area contributed by atoms with Gasteiger partial charge < -0.3 is 10.3 Å². The minimum Gasteiger partial charge on any atom is -0.373 e. The Kier molecular flexibility index (Phi) is 7.31. The molecule has 0 aromatic carbocycles. The van der Waals surface area contributed by atoms with Gasteiger partial charge in [0.25, 0.3) is 0 Å². The van der Waals surface area contributed by atoms with Gasteiger partial charge in [-0.2, -0.15) is 0 Å². The standard InChI is InChI=1S/C3H5NO.CH3O5P/c1-2-3(4)5;2-1-6-7(3,4)5/h2H,1H2,(H2,4,5);1H,(H2,3,4,5). The lowest BCUT2D eigenvalue weighted by atomic mass is 10.6. The minimum atomic E-state index is -4.53. The van der Waals surface area contributed by atoms with E-state index in [1.54, 1.807) is 0 Å². The molecule has 0 aromatic rings. The van der Waals surface area contributed by atoms with Gasteiger partial charge in [0.15, 0.2) is 0 Å². The Morgan fingerprint density at radius 3 is 1.92 bits per heavy atom. The minimum absolute atomic E-state index is 0.305. The molecule has 0 atom stereocenters. The van der Waals surface area contributed by atoms with Crippen LogP contribution in [0.15, 0.2) is 12.7 Å². The fourth-order valence-corrected chi connectivity index (χ4v) is 0.168. The maximum atomic E-state index is 9.47. The number of phosphoric ester groups is 1. The zero-order chi connectivity index (χ0) is 10.2. The fourth-order valence-electron chi connectivity index (χ4n) is 0.0561. The van der Waals surface area contributed by atoms with E-state index in [1.807, 2.05) is 0 Å². The average Bonchev–Trinajstić information content (AvgIpc) is 1.86. The summed E-state index contributed by atoms with van der Waals surface area (Å²) in [5.41, 5.74) is 4.53. The number of phosphoric acid groups is 1. The Balaban J connectivity index is 0. The summed E-state index contributed by atoms with van der Waals surface area (Å²) in [5.74, 6) is -0.481. The summed E-state index contributed by atoms with van der Waals surface area (Å²) >= 11 is 0. The van der Waals surface area contributed by atoms with E-state index in [9.17, 15) is 9.36 Å². The van der Waals surface area contributed by atoms with Gasteiger partial charge >= 0.3 is 14.3 Å². The van der Waals surface area contributed by atoms with E-state index >= 15 is 0 Å². The van der Waals surface area contributed by atoms with Crippen LogP contribution in [-0.2, 0) is 18.7 Å². The highest BCUT2D eigenvalue weighted by molar-refractivity contribution is 7.46. The van der Waals surface area contributed by atoms with Crippen molar-refractivity contribution in [2.24, 2.45) is 5.73 Å². The van der Waals surface area contributed by atoms with E-state index in [2.05, 4.69) is 16.8 Å². The largest absolute Gasteiger partial charge is 0.526 e. The van der Waals surface area contributed by atoms with Gasteiger partial charge in [0.2, 0.25) is 5.91 Å². The first-order chi connectivity index (χ1) is 5.33. The van der Waals surface area contributed by atoms with Crippen molar-refractivity contribution in [1.82, 2.24) is 0 Å². The van der Waals surface area contributed by atoms with Crippen LogP contribution in [0.3, 0.4) is 0 Å². The summed E-state index contributed by atoms with van der Waals surface area (Å²) in [6, 6.07) is 0. The van der Waals surface area contributed by atoms with Gasteiger partial charge in [0, 0.05) is 0 Å². The second kappa shape index (κ2) is 6.53. The van der Waals surface area contributed by atoms with Crippen molar-refractivity contribution in [3.05, 3.63) is 12.7 Å². The number of primary amides is 1. The molecule has 0 rings (SSSR count). The van der Waals surface area contributed by atoms with Gasteiger partial charge in [-0.3, -0.25) is 19.4 Å². The van der Waals surface area contributed by atoms with Crippen LogP contribution in [0.5, 0.6) is 0 Å². The molecule has 0 saturated carbocycles. The summed E-state index contributed by atoms with van der Waals surface area (Å²) in [7, 11) is -4.53. The van der Waals surface area contributed by atoms with Crippen molar-refractivity contribution in [2.45, 2.75) is 0 Å². The van der Waals surface area contributed by atoms with E-state index in [1.165, 1.54) is 0 Å². The van der Waals surface area contributed by atoms with Crippen LogP contribution in [0.25, 0.3) is 0 Å². The summed E-state index contributed by atoms with van der Waals surface area (Å²) in [4.78, 5) is 33.9. The SMILES string of the molecule is C=CC(N)=O.O=COP(=O)(O)O. The van der Waals surface area contributed by atoms with Crippen LogP contribution in [0, 0.1) is 0 Å². The summed E-state index contributed by atoms with van der Waals surface area (Å²) < 4.78 is 12.7. The molecule has 0 saturated heterocycles. The predicted octanol–water partition coefficient (Wildman–Crippen LogP) is -1.09. The van der Waals surface area contributed by atoms with E-state index in [4.69, 9.17) is 14.6 Å². The Labute approximate surface area is 68.1 Å². The predicted molar refractivity (Wildman–Crippen MR) is 38.6 cm³/mol. The molecule has 0 aliphatic carbocycles. The van der Waals surface area contributed by atoms with Crippen LogP contribution >= 0.6 is 7.82 Å². The van der Waals surface area contributed by atoms with E-state index in [-0.39, 0.29) is 6.47 Å². The number of hydrogen-bond donors (Lipinski definition) is 3. The lowest BCUT2D eigenvalue weighted by molar-refractivity contribution is -0.121. The molecule has 0 fully saturated rings. The smallest absolute Gasteiger partial charge is 0.373 e. The molecule has 7 nitrogen and oxygen atoms in total. The number of nitrogens with two attached hydrogens (primary N) is 1. The molecule has 70 valence electrons. The third-order valence-corrected chi connectivity index (χ3v) is 0.742. The van der Waals surface area contributed by atoms with Crippen molar-refractivity contribution in [1.29, 1.82) is 0 Å². The second-order valence-corrected chi connectivity index (χ2v) is 2.49. The molecule has 0 aliphatic heterocycles. The Hall–Kier alpha value is -1.17. The highest BCUT2D eigenvalue weighted by Crippen LogP contribution is 2.33. The molecule has 1 amide bonds. The summed E-state index contributed by atoms with van der Waals surface area (Å²) in [5, 5.41) is 0. The van der Waals surface area contributed by atoms with Crippen molar-refractivity contribution in [3.8, 4) is 0 Å². The van der Waals surface area contributed by atoms with Crippen molar-refractivity contribution < 1.29 is 28.5 Å². The normalized spacial score (nSPS) is 8.83. The fraction of sp³-hybridized carbons (Fsp3) is 0. The van der Waals surface area contributed by atoms with Gasteiger partial charge in [-0.05, 0) is 6.08 Å². The van der Waals surface area contributed by atoms with Crippen LogP contribution in [0.4, 0.5) is 0 Å². The van der Waals surface area contributed by atoms with Gasteiger partial charge in [-0.1, -0.05) is 6.58 Å². The number of rotatable bonds is 3. The van der Waals surface area contributed by atoms with Crippen LogP contribution in [-0.4, -0.2) is 22.2 Å². The molecule has 0 bridgehead atoms. The molecule has 0 radical (unpaired) electrons. The zero-order valence-corrected chi connectivity index (χ0v) is 6.81. The second-order valence-electron chi connectivity index (χ2n) is 1.30. The van der Waals surface area contributed by atoms with Gasteiger partial charge in [0.1, 0.15) is 0 Å². The van der Waals surface area contributed by atoms with Crippen LogP contribution in [0.2, 0.25) is 0 Å². The number of carbonyl (C=O) groups excluding carboxylic acids is 2. The molecule has 8 heteroatoms. The maximum absolute atomic E-state index is 9.47. The number of amides is 1. The summed E-state index contributed by atoms with van der Waals surface area (Å²) in [6.07, 6.45) is 1.06. The molecule has 0 aromatic heterocycles. The summed E-state index contributed by atoms with van der Waals surface area (Å²) in [6.45, 7) is 2.78. The molecule has 0 unspecified atom stereocenters. The zero-order valence-electron chi connectivity index (χ0n) is 5.91. The first kappa shape index (κ1) is 13.4. The van der Waals surface area contributed by atoms with E-state index in [0.29, 0.717) is 0 Å². The Morgan fingerprint density at radius 1 is 1.58 bits per heavy atom.